The molecule has 0 atom stereocenters. The fourth-order valence-corrected chi connectivity index (χ4v) is 2.61. The minimum Gasteiger partial charge on any atom is -0.354 e. The van der Waals surface area contributed by atoms with Crippen LogP contribution in [0.15, 0.2) is 47.3 Å². The van der Waals surface area contributed by atoms with Gasteiger partial charge in [-0.25, -0.2) is 4.68 Å². The van der Waals surface area contributed by atoms with Crippen LogP contribution in [0.3, 0.4) is 0 Å². The first-order valence-electron chi connectivity index (χ1n) is 8.56. The van der Waals surface area contributed by atoms with Gasteiger partial charge in [0.1, 0.15) is 0 Å². The third-order valence-corrected chi connectivity index (χ3v) is 4.20. The van der Waals surface area contributed by atoms with Crippen molar-refractivity contribution in [2.45, 2.75) is 38.1 Å². The molecular formula is C19H21N3O3. The molecule has 1 heterocycles. The van der Waals surface area contributed by atoms with Crippen molar-refractivity contribution >= 4 is 11.7 Å². The second-order valence-corrected chi connectivity index (χ2v) is 6.23. The molecule has 1 aliphatic carbocycles. The maximum atomic E-state index is 12.0. The van der Waals surface area contributed by atoms with E-state index in [1.165, 1.54) is 10.7 Å². The lowest BCUT2D eigenvalue weighted by atomic mass is 10.1. The van der Waals surface area contributed by atoms with Crippen LogP contribution in [0.5, 0.6) is 0 Å². The normalized spacial score (nSPS) is 13.4. The Bertz CT molecular complexity index is 810. The molecule has 1 N–H and O–H groups in total. The highest BCUT2D eigenvalue weighted by molar-refractivity contribution is 5.97. The Morgan fingerprint density at radius 1 is 1.08 bits per heavy atom. The summed E-state index contributed by atoms with van der Waals surface area (Å²) in [4.78, 5) is 35.6. The van der Waals surface area contributed by atoms with Crippen molar-refractivity contribution in [1.82, 2.24) is 15.1 Å². The van der Waals surface area contributed by atoms with E-state index in [4.69, 9.17) is 0 Å². The van der Waals surface area contributed by atoms with Crippen LogP contribution in [0.25, 0.3) is 0 Å². The predicted octanol–water partition coefficient (Wildman–Crippen LogP) is 1.90. The van der Waals surface area contributed by atoms with Gasteiger partial charge < -0.3 is 5.32 Å². The second kappa shape index (κ2) is 7.88. The van der Waals surface area contributed by atoms with E-state index in [9.17, 15) is 14.4 Å². The standard InChI is InChI=1S/C19H21N3O3/c23-17(15-4-2-1-3-5-15)9-10-18(24)20-12-13-22-19(25)11-8-16(21-22)14-6-7-14/h1-5,8,11,14H,6-7,9-10,12-13H2,(H,20,24). The summed E-state index contributed by atoms with van der Waals surface area (Å²) < 4.78 is 1.39. The number of ketones is 1. The van der Waals surface area contributed by atoms with Gasteiger partial charge >= 0.3 is 0 Å². The molecule has 0 bridgehead atoms. The summed E-state index contributed by atoms with van der Waals surface area (Å²) in [5.41, 5.74) is 1.39. The van der Waals surface area contributed by atoms with E-state index in [0.717, 1.165) is 18.5 Å². The van der Waals surface area contributed by atoms with Gasteiger partial charge in [0.2, 0.25) is 5.91 Å². The van der Waals surface area contributed by atoms with Crippen molar-refractivity contribution in [3.8, 4) is 0 Å². The highest BCUT2D eigenvalue weighted by Crippen LogP contribution is 2.38. The number of amides is 1. The highest BCUT2D eigenvalue weighted by Gasteiger charge is 2.25. The summed E-state index contributed by atoms with van der Waals surface area (Å²) in [5, 5.41) is 7.08. The quantitative estimate of drug-likeness (QED) is 0.745. The number of hydrogen-bond donors (Lipinski definition) is 1. The number of rotatable bonds is 8. The van der Waals surface area contributed by atoms with Crippen LogP contribution in [0.2, 0.25) is 0 Å². The molecule has 6 heteroatoms. The van der Waals surface area contributed by atoms with E-state index in [1.54, 1.807) is 30.3 Å². The maximum Gasteiger partial charge on any atom is 0.266 e. The molecule has 3 rings (SSSR count). The molecule has 1 aliphatic rings. The average molecular weight is 339 g/mol. The molecule has 25 heavy (non-hydrogen) atoms. The Kier molecular flexibility index (Phi) is 5.38. The number of carbonyl (C=O) groups excluding carboxylic acids is 2. The van der Waals surface area contributed by atoms with E-state index in [-0.39, 0.29) is 30.1 Å². The number of aromatic nitrogens is 2. The van der Waals surface area contributed by atoms with Crippen molar-refractivity contribution in [1.29, 1.82) is 0 Å². The Morgan fingerprint density at radius 3 is 2.56 bits per heavy atom. The van der Waals surface area contributed by atoms with Gasteiger partial charge in [0, 0.05) is 36.9 Å². The van der Waals surface area contributed by atoms with Crippen molar-refractivity contribution < 1.29 is 9.59 Å². The van der Waals surface area contributed by atoms with Crippen LogP contribution in [0.4, 0.5) is 0 Å². The van der Waals surface area contributed by atoms with Gasteiger partial charge in [-0.3, -0.25) is 14.4 Å². The Labute approximate surface area is 145 Å². The average Bonchev–Trinajstić information content (AvgIpc) is 3.47. The Balaban J connectivity index is 1.43. The van der Waals surface area contributed by atoms with Gasteiger partial charge in [0.15, 0.2) is 5.78 Å². The second-order valence-electron chi connectivity index (χ2n) is 6.23. The molecule has 130 valence electrons. The third kappa shape index (κ3) is 4.86. The summed E-state index contributed by atoms with van der Waals surface area (Å²) in [6.45, 7) is 0.650. The number of nitrogens with zero attached hydrogens (tertiary/aromatic N) is 2. The summed E-state index contributed by atoms with van der Waals surface area (Å²) in [6.07, 6.45) is 2.55. The number of Topliss-reactive ketones (excluding diaryl/α,β-unsaturated/α-hetero) is 1. The van der Waals surface area contributed by atoms with Gasteiger partial charge in [-0.05, 0) is 18.9 Å². The molecule has 0 radical (unpaired) electrons. The largest absolute Gasteiger partial charge is 0.354 e. The molecule has 1 saturated carbocycles. The zero-order valence-electron chi connectivity index (χ0n) is 14.0. The maximum absolute atomic E-state index is 12.0. The summed E-state index contributed by atoms with van der Waals surface area (Å²) in [6, 6.07) is 12.2. The van der Waals surface area contributed by atoms with E-state index in [2.05, 4.69) is 10.4 Å². The van der Waals surface area contributed by atoms with E-state index >= 15 is 0 Å². The Morgan fingerprint density at radius 2 is 1.84 bits per heavy atom. The summed E-state index contributed by atoms with van der Waals surface area (Å²) in [5.74, 6) is 0.229. The molecule has 1 fully saturated rings. The minimum absolute atomic E-state index is 0.0502. The number of hydrogen-bond acceptors (Lipinski definition) is 4. The van der Waals surface area contributed by atoms with Crippen molar-refractivity contribution in [2.24, 2.45) is 0 Å². The van der Waals surface area contributed by atoms with Crippen molar-refractivity contribution in [3.63, 3.8) is 0 Å². The van der Waals surface area contributed by atoms with Crippen LogP contribution < -0.4 is 10.9 Å². The van der Waals surface area contributed by atoms with Crippen LogP contribution in [0.1, 0.15) is 47.7 Å². The van der Waals surface area contributed by atoms with Crippen molar-refractivity contribution in [3.05, 3.63) is 64.1 Å². The molecular weight excluding hydrogens is 318 g/mol. The SMILES string of the molecule is O=C(CCC(=O)c1ccccc1)NCCn1nc(C2CC2)ccc1=O. The van der Waals surface area contributed by atoms with Gasteiger partial charge in [-0.1, -0.05) is 30.3 Å². The van der Waals surface area contributed by atoms with Crippen molar-refractivity contribution in [2.75, 3.05) is 6.54 Å². The molecule has 0 unspecified atom stereocenters. The van der Waals surface area contributed by atoms with Gasteiger partial charge in [-0.2, -0.15) is 5.10 Å². The summed E-state index contributed by atoms with van der Waals surface area (Å²) >= 11 is 0. The molecule has 2 aromatic rings. The first kappa shape index (κ1) is 17.1. The van der Waals surface area contributed by atoms with E-state index < -0.39 is 0 Å². The monoisotopic (exact) mass is 339 g/mol. The third-order valence-electron chi connectivity index (χ3n) is 4.20. The predicted molar refractivity (Wildman–Crippen MR) is 93.5 cm³/mol. The van der Waals surface area contributed by atoms with E-state index in [0.29, 0.717) is 24.6 Å². The Hall–Kier alpha value is -2.76. The van der Waals surface area contributed by atoms with Crippen LogP contribution >= 0.6 is 0 Å². The zero-order valence-corrected chi connectivity index (χ0v) is 14.0. The van der Waals surface area contributed by atoms with E-state index in [1.807, 2.05) is 6.07 Å². The highest BCUT2D eigenvalue weighted by atomic mass is 16.2. The number of carbonyl (C=O) groups is 2. The van der Waals surface area contributed by atoms with Crippen LogP contribution in [-0.4, -0.2) is 28.0 Å². The smallest absolute Gasteiger partial charge is 0.266 e. The first-order valence-corrected chi connectivity index (χ1v) is 8.56. The number of benzene rings is 1. The van der Waals surface area contributed by atoms with Gasteiger partial charge in [0.05, 0.1) is 12.2 Å². The van der Waals surface area contributed by atoms with Crippen LogP contribution in [0, 0.1) is 0 Å². The lowest BCUT2D eigenvalue weighted by molar-refractivity contribution is -0.121. The van der Waals surface area contributed by atoms with Gasteiger partial charge in [0.25, 0.3) is 5.56 Å². The zero-order chi connectivity index (χ0) is 17.6. The first-order chi connectivity index (χ1) is 12.1. The fraction of sp³-hybridized carbons (Fsp3) is 0.368. The fourth-order valence-electron chi connectivity index (χ4n) is 2.61. The molecule has 0 spiro atoms. The minimum atomic E-state index is -0.198. The molecule has 1 aromatic heterocycles. The molecule has 0 saturated heterocycles. The molecule has 6 nitrogen and oxygen atoms in total. The molecule has 1 aromatic carbocycles. The molecule has 0 aliphatic heterocycles. The lowest BCUT2D eigenvalue weighted by Gasteiger charge is -2.08. The summed E-state index contributed by atoms with van der Waals surface area (Å²) in [7, 11) is 0. The molecule has 1 amide bonds. The lowest BCUT2D eigenvalue weighted by Crippen LogP contribution is -2.32. The van der Waals surface area contributed by atoms with Gasteiger partial charge in [-0.15, -0.1) is 0 Å². The topological polar surface area (TPSA) is 81.1 Å². The number of nitrogens with one attached hydrogen (secondary N) is 1. The van der Waals surface area contributed by atoms with Crippen LogP contribution in [-0.2, 0) is 11.3 Å².